The second-order valence-electron chi connectivity index (χ2n) is 5.96. The van der Waals surface area contributed by atoms with Crippen molar-refractivity contribution in [1.29, 1.82) is 0 Å². The Hall–Kier alpha value is -2.77. The van der Waals surface area contributed by atoms with Gasteiger partial charge in [0.05, 0.1) is 5.56 Å². The number of hydrogen-bond donors (Lipinski definition) is 2. The Morgan fingerprint density at radius 1 is 1.04 bits per heavy atom. The number of nitrogens with zero attached hydrogens (tertiary/aromatic N) is 1. The molecule has 0 bridgehead atoms. The number of phenols is 1. The molecule has 0 amide bonds. The number of rotatable bonds is 3. The average Bonchev–Trinajstić information content (AvgIpc) is 3.07. The van der Waals surface area contributed by atoms with E-state index in [4.69, 9.17) is 5.11 Å². The van der Waals surface area contributed by atoms with Gasteiger partial charge in [0.15, 0.2) is 0 Å². The highest BCUT2D eigenvalue weighted by Crippen LogP contribution is 2.20. The van der Waals surface area contributed by atoms with Gasteiger partial charge in [-0.2, -0.15) is 0 Å². The Morgan fingerprint density at radius 2 is 1.75 bits per heavy atom. The first kappa shape index (κ1) is 16.1. The topological polar surface area (TPSA) is 60.8 Å². The lowest BCUT2D eigenvalue weighted by atomic mass is 10.1. The van der Waals surface area contributed by atoms with Crippen LogP contribution in [0.3, 0.4) is 0 Å². The molecule has 0 radical (unpaired) electrons. The standard InChI is InChI=1S/C20H19NO3/c22-19-10-9-16(18(13-19)14-21-11-1-2-12-21)6-3-15-4-7-17(8-5-15)20(23)24/h4-5,7-10,13,22H,1-2,11-12,14H2,(H,23,24). The van der Waals surface area contributed by atoms with Gasteiger partial charge in [-0.05, 0) is 74.0 Å². The fraction of sp³-hybridized carbons (Fsp3) is 0.250. The number of likely N-dealkylation sites (tertiary alicyclic amines) is 1. The predicted octanol–water partition coefficient (Wildman–Crippen LogP) is 3.09. The smallest absolute Gasteiger partial charge is 0.335 e. The Labute approximate surface area is 141 Å². The normalized spacial score (nSPS) is 14.2. The first-order valence-electron chi connectivity index (χ1n) is 8.01. The minimum atomic E-state index is -0.944. The molecule has 1 heterocycles. The monoisotopic (exact) mass is 321 g/mol. The van der Waals surface area contributed by atoms with Gasteiger partial charge in [-0.15, -0.1) is 0 Å². The lowest BCUT2D eigenvalue weighted by Gasteiger charge is -2.15. The maximum absolute atomic E-state index is 10.9. The van der Waals surface area contributed by atoms with Crippen molar-refractivity contribution >= 4 is 5.97 Å². The third-order valence-electron chi connectivity index (χ3n) is 4.15. The van der Waals surface area contributed by atoms with Gasteiger partial charge in [-0.3, -0.25) is 4.90 Å². The second kappa shape index (κ2) is 7.20. The van der Waals surface area contributed by atoms with E-state index in [0.29, 0.717) is 0 Å². The molecule has 2 N–H and O–H groups in total. The third kappa shape index (κ3) is 3.95. The summed E-state index contributed by atoms with van der Waals surface area (Å²) in [6.45, 7) is 2.95. The largest absolute Gasteiger partial charge is 0.508 e. The van der Waals surface area contributed by atoms with Crippen LogP contribution in [0.1, 0.15) is 39.9 Å². The van der Waals surface area contributed by atoms with E-state index in [-0.39, 0.29) is 11.3 Å². The van der Waals surface area contributed by atoms with E-state index in [9.17, 15) is 9.90 Å². The molecule has 0 aromatic heterocycles. The van der Waals surface area contributed by atoms with E-state index < -0.39 is 5.97 Å². The molecule has 1 fully saturated rings. The molecule has 122 valence electrons. The number of aromatic hydroxyl groups is 1. The number of hydrogen-bond acceptors (Lipinski definition) is 3. The second-order valence-corrected chi connectivity index (χ2v) is 5.96. The van der Waals surface area contributed by atoms with Crippen molar-refractivity contribution in [1.82, 2.24) is 4.90 Å². The van der Waals surface area contributed by atoms with Crippen molar-refractivity contribution in [2.24, 2.45) is 0 Å². The van der Waals surface area contributed by atoms with Crippen LogP contribution in [0, 0.1) is 11.8 Å². The molecule has 3 rings (SSSR count). The predicted molar refractivity (Wildman–Crippen MR) is 92.0 cm³/mol. The SMILES string of the molecule is O=C(O)c1ccc(C#Cc2ccc(O)cc2CN2CCCC2)cc1. The van der Waals surface area contributed by atoms with E-state index in [2.05, 4.69) is 16.7 Å². The van der Waals surface area contributed by atoms with Crippen LogP contribution in [0.4, 0.5) is 0 Å². The summed E-state index contributed by atoms with van der Waals surface area (Å²) >= 11 is 0. The summed E-state index contributed by atoms with van der Waals surface area (Å²) in [4.78, 5) is 13.2. The van der Waals surface area contributed by atoms with Crippen LogP contribution in [0.25, 0.3) is 0 Å². The molecule has 0 unspecified atom stereocenters. The van der Waals surface area contributed by atoms with E-state index in [0.717, 1.165) is 36.3 Å². The summed E-state index contributed by atoms with van der Waals surface area (Å²) in [5.74, 6) is 5.52. The van der Waals surface area contributed by atoms with Crippen molar-refractivity contribution < 1.29 is 15.0 Å². The first-order chi connectivity index (χ1) is 11.6. The van der Waals surface area contributed by atoms with E-state index in [1.807, 2.05) is 6.07 Å². The van der Waals surface area contributed by atoms with Gasteiger partial charge in [0.25, 0.3) is 0 Å². The van der Waals surface area contributed by atoms with Gasteiger partial charge in [-0.1, -0.05) is 11.8 Å². The van der Waals surface area contributed by atoms with Gasteiger partial charge >= 0.3 is 5.97 Å². The quantitative estimate of drug-likeness (QED) is 0.853. The van der Waals surface area contributed by atoms with Crippen LogP contribution in [0.15, 0.2) is 42.5 Å². The zero-order chi connectivity index (χ0) is 16.9. The highest BCUT2D eigenvalue weighted by molar-refractivity contribution is 5.87. The number of carboxylic acids is 1. The van der Waals surface area contributed by atoms with Gasteiger partial charge in [0.1, 0.15) is 5.75 Å². The number of carbonyl (C=O) groups is 1. The number of benzene rings is 2. The minimum absolute atomic E-state index is 0.250. The van der Waals surface area contributed by atoms with Gasteiger partial charge < -0.3 is 10.2 Å². The van der Waals surface area contributed by atoms with Crippen LogP contribution >= 0.6 is 0 Å². The zero-order valence-corrected chi connectivity index (χ0v) is 13.3. The molecular formula is C20H19NO3. The van der Waals surface area contributed by atoms with Crippen molar-refractivity contribution in [3.8, 4) is 17.6 Å². The molecule has 0 saturated carbocycles. The van der Waals surface area contributed by atoms with Gasteiger partial charge in [0.2, 0.25) is 0 Å². The third-order valence-corrected chi connectivity index (χ3v) is 4.15. The molecular weight excluding hydrogens is 302 g/mol. The highest BCUT2D eigenvalue weighted by Gasteiger charge is 2.13. The van der Waals surface area contributed by atoms with E-state index in [1.54, 1.807) is 36.4 Å². The minimum Gasteiger partial charge on any atom is -0.508 e. The molecule has 4 nitrogen and oxygen atoms in total. The maximum Gasteiger partial charge on any atom is 0.335 e. The summed E-state index contributed by atoms with van der Waals surface area (Å²) in [5.41, 5.74) is 2.92. The summed E-state index contributed by atoms with van der Waals surface area (Å²) in [6, 6.07) is 11.8. The summed E-state index contributed by atoms with van der Waals surface area (Å²) < 4.78 is 0. The van der Waals surface area contributed by atoms with Crippen molar-refractivity contribution in [3.05, 3.63) is 64.7 Å². The lowest BCUT2D eigenvalue weighted by Crippen LogP contribution is -2.18. The molecule has 2 aromatic carbocycles. The highest BCUT2D eigenvalue weighted by atomic mass is 16.4. The van der Waals surface area contributed by atoms with Crippen molar-refractivity contribution in [2.45, 2.75) is 19.4 Å². The number of carboxylic acid groups (broad SMARTS) is 1. The lowest BCUT2D eigenvalue weighted by molar-refractivity contribution is 0.0697. The van der Waals surface area contributed by atoms with Crippen molar-refractivity contribution in [2.75, 3.05) is 13.1 Å². The molecule has 2 aromatic rings. The van der Waals surface area contributed by atoms with Gasteiger partial charge in [0, 0.05) is 17.7 Å². The molecule has 4 heteroatoms. The van der Waals surface area contributed by atoms with E-state index in [1.165, 1.54) is 12.8 Å². The van der Waals surface area contributed by atoms with Crippen LogP contribution in [-0.2, 0) is 6.54 Å². The van der Waals surface area contributed by atoms with Crippen LogP contribution in [0.5, 0.6) is 5.75 Å². The van der Waals surface area contributed by atoms with Crippen LogP contribution < -0.4 is 0 Å². The Bertz CT molecular complexity index is 794. The number of aromatic carboxylic acids is 1. The molecule has 1 saturated heterocycles. The average molecular weight is 321 g/mol. The maximum atomic E-state index is 10.9. The van der Waals surface area contributed by atoms with Crippen LogP contribution in [-0.4, -0.2) is 34.2 Å². The van der Waals surface area contributed by atoms with Crippen molar-refractivity contribution in [3.63, 3.8) is 0 Å². The zero-order valence-electron chi connectivity index (χ0n) is 13.3. The fourth-order valence-electron chi connectivity index (χ4n) is 2.85. The molecule has 24 heavy (non-hydrogen) atoms. The first-order valence-corrected chi connectivity index (χ1v) is 8.01. The molecule has 0 atom stereocenters. The Balaban J connectivity index is 1.83. The van der Waals surface area contributed by atoms with Crippen LogP contribution in [0.2, 0.25) is 0 Å². The van der Waals surface area contributed by atoms with Gasteiger partial charge in [-0.25, -0.2) is 4.79 Å². The summed E-state index contributed by atoms with van der Waals surface area (Å²) in [5, 5.41) is 18.7. The Kier molecular flexibility index (Phi) is 4.83. The fourth-order valence-corrected chi connectivity index (χ4v) is 2.85. The molecule has 1 aliphatic heterocycles. The molecule has 0 aliphatic carbocycles. The van der Waals surface area contributed by atoms with E-state index >= 15 is 0 Å². The summed E-state index contributed by atoms with van der Waals surface area (Å²) in [7, 11) is 0. The molecule has 0 spiro atoms. The Morgan fingerprint density at radius 3 is 2.42 bits per heavy atom. The molecule has 1 aliphatic rings. The number of phenolic OH excluding ortho intramolecular Hbond substituents is 1. The summed E-state index contributed by atoms with van der Waals surface area (Å²) in [6.07, 6.45) is 2.44.